The molecule has 0 aromatic carbocycles. The van der Waals surface area contributed by atoms with Crippen molar-refractivity contribution in [2.75, 3.05) is 0 Å². The van der Waals surface area contributed by atoms with Crippen LogP contribution in [0.25, 0.3) is 0 Å². The van der Waals surface area contributed by atoms with Gasteiger partial charge in [0, 0.05) is 8.80 Å². The molecule has 0 N–H and O–H groups in total. The molecule has 0 amide bonds. The smallest absolute Gasteiger partial charge is 0.0564 e. The van der Waals surface area contributed by atoms with Crippen LogP contribution in [0.5, 0.6) is 0 Å². The molecule has 2 rings (SSSR count). The fourth-order valence-corrected chi connectivity index (χ4v) is 14.6. The number of rotatable bonds is 5. The lowest BCUT2D eigenvalue weighted by Gasteiger charge is -2.47. The first-order chi connectivity index (χ1) is 7.91. The molecule has 2 bridgehead atoms. The SMILES string of the molecule is CCC(C[SiH](C)C)[Si](C)(C)C12CCC(CC1)C2. The van der Waals surface area contributed by atoms with E-state index in [1.54, 1.807) is 38.1 Å². The van der Waals surface area contributed by atoms with Gasteiger partial charge in [-0.05, 0) is 35.8 Å². The summed E-state index contributed by atoms with van der Waals surface area (Å²) in [7, 11) is -1.42. The summed E-state index contributed by atoms with van der Waals surface area (Å²) < 4.78 is 0. The monoisotopic (exact) mass is 268 g/mol. The van der Waals surface area contributed by atoms with Crippen molar-refractivity contribution >= 4 is 16.9 Å². The summed E-state index contributed by atoms with van der Waals surface area (Å²) in [5, 5.41) is 0.877. The molecule has 0 nitrogen and oxygen atoms in total. The van der Waals surface area contributed by atoms with Crippen molar-refractivity contribution in [3.05, 3.63) is 0 Å². The molecule has 0 aromatic rings. The van der Waals surface area contributed by atoms with Crippen LogP contribution in [0.3, 0.4) is 0 Å². The molecule has 0 aromatic heterocycles. The van der Waals surface area contributed by atoms with Crippen molar-refractivity contribution in [1.29, 1.82) is 0 Å². The van der Waals surface area contributed by atoms with Crippen molar-refractivity contribution < 1.29 is 0 Å². The van der Waals surface area contributed by atoms with Gasteiger partial charge in [0.2, 0.25) is 0 Å². The van der Waals surface area contributed by atoms with Crippen LogP contribution in [0.15, 0.2) is 0 Å². The van der Waals surface area contributed by atoms with Gasteiger partial charge in [-0.25, -0.2) is 0 Å². The second-order valence-corrected chi connectivity index (χ2v) is 16.5. The number of hydrogen-bond donors (Lipinski definition) is 0. The summed E-state index contributed by atoms with van der Waals surface area (Å²) in [6, 6.07) is 1.63. The van der Waals surface area contributed by atoms with E-state index in [1.165, 1.54) is 6.42 Å². The highest BCUT2D eigenvalue weighted by atomic mass is 28.3. The Morgan fingerprint density at radius 1 is 1.24 bits per heavy atom. The van der Waals surface area contributed by atoms with Crippen molar-refractivity contribution in [2.45, 2.75) is 88.3 Å². The summed E-state index contributed by atoms with van der Waals surface area (Å²) in [6.07, 6.45) is 9.46. The Morgan fingerprint density at radius 2 is 1.82 bits per heavy atom. The van der Waals surface area contributed by atoms with Gasteiger partial charge in [-0.1, -0.05) is 58.4 Å². The van der Waals surface area contributed by atoms with E-state index in [0.29, 0.717) is 0 Å². The third kappa shape index (κ3) is 2.32. The lowest BCUT2D eigenvalue weighted by Crippen LogP contribution is -2.45. The van der Waals surface area contributed by atoms with E-state index in [9.17, 15) is 0 Å². The van der Waals surface area contributed by atoms with E-state index in [2.05, 4.69) is 33.1 Å². The molecule has 2 aliphatic carbocycles. The summed E-state index contributed by atoms with van der Waals surface area (Å²) in [6.45, 7) is 13.1. The molecule has 2 saturated carbocycles. The fourth-order valence-electron chi connectivity index (χ4n) is 5.07. The summed E-state index contributed by atoms with van der Waals surface area (Å²) in [5.74, 6) is 1.13. The van der Waals surface area contributed by atoms with Gasteiger partial charge in [-0.3, -0.25) is 0 Å². The predicted octanol–water partition coefficient (Wildman–Crippen LogP) is 5.30. The normalized spacial score (nSPS) is 34.6. The zero-order valence-electron chi connectivity index (χ0n) is 12.7. The molecule has 17 heavy (non-hydrogen) atoms. The van der Waals surface area contributed by atoms with Crippen molar-refractivity contribution in [1.82, 2.24) is 0 Å². The van der Waals surface area contributed by atoms with Crippen LogP contribution >= 0.6 is 0 Å². The molecular weight excluding hydrogens is 236 g/mol. The maximum Gasteiger partial charge on any atom is 0.0564 e. The van der Waals surface area contributed by atoms with Gasteiger partial charge in [0.05, 0.1) is 8.07 Å². The second kappa shape index (κ2) is 4.84. The highest BCUT2D eigenvalue weighted by Crippen LogP contribution is 2.67. The van der Waals surface area contributed by atoms with Crippen LogP contribution < -0.4 is 0 Å². The van der Waals surface area contributed by atoms with Crippen molar-refractivity contribution in [3.63, 3.8) is 0 Å². The molecule has 2 heteroatoms. The Bertz CT molecular complexity index is 262. The zero-order chi connectivity index (χ0) is 12.7. The van der Waals surface area contributed by atoms with E-state index in [4.69, 9.17) is 0 Å². The van der Waals surface area contributed by atoms with Gasteiger partial charge >= 0.3 is 0 Å². The maximum absolute atomic E-state index is 2.76. The first kappa shape index (κ1) is 13.9. The van der Waals surface area contributed by atoms with E-state index in [-0.39, 0.29) is 8.80 Å². The van der Waals surface area contributed by atoms with Gasteiger partial charge in [0.1, 0.15) is 0 Å². The first-order valence-corrected chi connectivity index (χ1v) is 14.1. The third-order valence-corrected chi connectivity index (χ3v) is 14.5. The topological polar surface area (TPSA) is 0 Å². The molecular formula is C15H32Si2. The van der Waals surface area contributed by atoms with Gasteiger partial charge < -0.3 is 0 Å². The Hall–Kier alpha value is 0.434. The lowest BCUT2D eigenvalue weighted by atomic mass is 10.0. The Kier molecular flexibility index (Phi) is 3.95. The number of fused-ring (bicyclic) bond motifs is 2. The van der Waals surface area contributed by atoms with Gasteiger partial charge in [-0.2, -0.15) is 0 Å². The minimum Gasteiger partial charge on any atom is -0.0722 e. The van der Waals surface area contributed by atoms with Crippen LogP contribution in [-0.2, 0) is 0 Å². The molecule has 0 aliphatic heterocycles. The molecule has 0 spiro atoms. The molecule has 2 fully saturated rings. The zero-order valence-corrected chi connectivity index (χ0v) is 14.8. The minimum atomic E-state index is -1.04. The predicted molar refractivity (Wildman–Crippen MR) is 84.5 cm³/mol. The summed E-state index contributed by atoms with van der Waals surface area (Å²) in [4.78, 5) is 0. The fraction of sp³-hybridized carbons (Fsp3) is 1.00. The highest BCUT2D eigenvalue weighted by molar-refractivity contribution is 6.83. The third-order valence-electron chi connectivity index (χ3n) is 6.38. The van der Waals surface area contributed by atoms with Gasteiger partial charge in [-0.15, -0.1) is 0 Å². The van der Waals surface area contributed by atoms with E-state index in [0.717, 1.165) is 16.5 Å². The Morgan fingerprint density at radius 3 is 2.18 bits per heavy atom. The minimum absolute atomic E-state index is 0.382. The standard InChI is InChI=1S/C15H32Si2/c1-6-14(12-16(2)3)17(4,5)15-9-7-13(11-15)8-10-15/h13-14,16H,6-12H2,1-5H3. The van der Waals surface area contributed by atoms with Crippen LogP contribution in [0.2, 0.25) is 42.8 Å². The van der Waals surface area contributed by atoms with Crippen LogP contribution in [-0.4, -0.2) is 16.9 Å². The molecule has 2 aliphatic rings. The maximum atomic E-state index is 2.76. The van der Waals surface area contributed by atoms with E-state index < -0.39 is 8.07 Å². The first-order valence-electron chi connectivity index (χ1n) is 7.91. The van der Waals surface area contributed by atoms with Crippen LogP contribution in [0.1, 0.15) is 45.4 Å². The second-order valence-electron chi connectivity index (χ2n) is 7.88. The van der Waals surface area contributed by atoms with Gasteiger partial charge in [0.25, 0.3) is 0 Å². The van der Waals surface area contributed by atoms with Crippen molar-refractivity contribution in [2.24, 2.45) is 5.92 Å². The molecule has 0 heterocycles. The number of hydrogen-bond acceptors (Lipinski definition) is 0. The highest BCUT2D eigenvalue weighted by Gasteiger charge is 2.56. The molecule has 0 radical (unpaired) electrons. The summed E-state index contributed by atoms with van der Waals surface area (Å²) >= 11 is 0. The quantitative estimate of drug-likeness (QED) is 0.594. The molecule has 0 saturated heterocycles. The largest absolute Gasteiger partial charge is 0.0722 e. The van der Waals surface area contributed by atoms with Crippen LogP contribution in [0, 0.1) is 5.92 Å². The Labute approximate surface area is 111 Å². The lowest BCUT2D eigenvalue weighted by molar-refractivity contribution is 0.475. The average molecular weight is 269 g/mol. The van der Waals surface area contributed by atoms with Crippen LogP contribution in [0.4, 0.5) is 0 Å². The molecule has 1 atom stereocenters. The Balaban J connectivity index is 2.15. The average Bonchev–Trinajstić information content (AvgIpc) is 2.86. The molecule has 1 unspecified atom stereocenters. The van der Waals surface area contributed by atoms with Gasteiger partial charge in [0.15, 0.2) is 0 Å². The van der Waals surface area contributed by atoms with E-state index in [1.807, 2.05) is 0 Å². The summed E-state index contributed by atoms with van der Waals surface area (Å²) in [5.41, 5.74) is 1.13. The van der Waals surface area contributed by atoms with E-state index >= 15 is 0 Å². The van der Waals surface area contributed by atoms with Crippen molar-refractivity contribution in [3.8, 4) is 0 Å². The molecule has 100 valence electrons.